The number of amides is 6. The minimum Gasteiger partial charge on any atom is -0.354 e. The zero-order valence-corrected chi connectivity index (χ0v) is 67.7. The Bertz CT molecular complexity index is 2220. The van der Waals surface area contributed by atoms with Crippen molar-refractivity contribution < 1.29 is 28.8 Å². The van der Waals surface area contributed by atoms with Gasteiger partial charge in [0.05, 0.1) is 0 Å². The van der Waals surface area contributed by atoms with E-state index in [1.54, 1.807) is 0 Å². The van der Waals surface area contributed by atoms with Crippen LogP contribution in [-0.4, -0.2) is 71.7 Å². The Balaban J connectivity index is 0. The third-order valence-corrected chi connectivity index (χ3v) is 17.7. The minimum atomic E-state index is 0.0124. The van der Waals surface area contributed by atoms with Gasteiger partial charge in [-0.2, -0.15) is 0 Å². The van der Waals surface area contributed by atoms with Gasteiger partial charge in [0.2, 0.25) is 35.4 Å². The van der Waals surface area contributed by atoms with E-state index >= 15 is 0 Å². The van der Waals surface area contributed by atoms with Gasteiger partial charge in [-0.3, -0.25) is 28.8 Å². The van der Waals surface area contributed by atoms with Crippen LogP contribution in [0.2, 0.25) is 0 Å². The van der Waals surface area contributed by atoms with E-state index in [9.17, 15) is 28.8 Å². The second kappa shape index (κ2) is 50.2. The maximum atomic E-state index is 12.3. The number of carbonyl (C=O) groups excluding carboxylic acids is 6. The van der Waals surface area contributed by atoms with Crippen molar-refractivity contribution >= 4 is 35.4 Å². The van der Waals surface area contributed by atoms with E-state index in [1.807, 2.05) is 115 Å². The zero-order chi connectivity index (χ0) is 74.1. The normalized spacial score (nSPS) is 17.0. The van der Waals surface area contributed by atoms with E-state index in [4.69, 9.17) is 0 Å². The highest BCUT2D eigenvalue weighted by atomic mass is 16.2. The van der Waals surface area contributed by atoms with Crippen LogP contribution in [0.15, 0.2) is 48.6 Å². The van der Waals surface area contributed by atoms with E-state index in [-0.39, 0.29) is 118 Å². The van der Waals surface area contributed by atoms with Crippen molar-refractivity contribution in [1.29, 1.82) is 0 Å². The molecule has 0 spiro atoms. The molecule has 0 aromatic carbocycles. The molecule has 4 aliphatic carbocycles. The first-order valence-corrected chi connectivity index (χ1v) is 38.7. The van der Waals surface area contributed by atoms with E-state index in [1.165, 1.54) is 83.5 Å². The number of hydrogen-bond acceptors (Lipinski definition) is 6. The molecule has 4 saturated carbocycles. The van der Waals surface area contributed by atoms with Crippen LogP contribution in [0.5, 0.6) is 0 Å². The Kier molecular flexibility index (Phi) is 49.0. The molecule has 0 radical (unpaired) electrons. The fraction of sp³-hybridized carbons (Fsp3) is 0.833. The highest BCUT2D eigenvalue weighted by Crippen LogP contribution is 2.39. The fourth-order valence-electron chi connectivity index (χ4n) is 12.1. The Morgan fingerprint density at radius 3 is 1.05 bits per heavy atom. The molecule has 0 saturated heterocycles. The summed E-state index contributed by atoms with van der Waals surface area (Å²) < 4.78 is 0. The summed E-state index contributed by atoms with van der Waals surface area (Å²) in [4.78, 5) is 72.1. The molecule has 0 bridgehead atoms. The number of nitrogens with one attached hydrogen (secondary N) is 6. The molecular weight excluding hydrogens is 1190 g/mol. The molecule has 4 fully saturated rings. The summed E-state index contributed by atoms with van der Waals surface area (Å²) in [5, 5.41) is 18.2. The summed E-state index contributed by atoms with van der Waals surface area (Å²) in [6.07, 6.45) is 39.4. The summed E-state index contributed by atoms with van der Waals surface area (Å²) in [5.74, 6) is 6.18. The van der Waals surface area contributed by atoms with Gasteiger partial charge in [0.25, 0.3) is 0 Å². The van der Waals surface area contributed by atoms with Crippen LogP contribution >= 0.6 is 0 Å². The van der Waals surface area contributed by atoms with Gasteiger partial charge in [-0.25, -0.2) is 0 Å². The molecule has 12 nitrogen and oxygen atoms in total. The Hall–Kier alpha value is -4.22. The van der Waals surface area contributed by atoms with Crippen LogP contribution in [0, 0.1) is 81.3 Å². The van der Waals surface area contributed by atoms with Gasteiger partial charge in [-0.1, -0.05) is 182 Å². The molecule has 4 aliphatic rings. The average molecular weight is 1350 g/mol. The van der Waals surface area contributed by atoms with E-state index in [0.29, 0.717) is 11.8 Å². The molecule has 0 aromatic heterocycles. The molecule has 96 heavy (non-hydrogen) atoms. The smallest absolute Gasteiger partial charge is 0.224 e. The van der Waals surface area contributed by atoms with Crippen LogP contribution in [0.4, 0.5) is 0 Å². The zero-order valence-electron chi connectivity index (χ0n) is 67.7. The monoisotopic (exact) mass is 1350 g/mol. The SMILES string of the molecule is C/C=C/CC(C(=O)NC(C)C)C(C)(C)C.C/C=C/CC(C(=O)NC(C)C)C(C)C.C/C=C/CC(CC(C)(C)C)C(=O)NC(C)C.C=C(C)CC(CCC1CC1)C(=O)NC(C)C.CC(C)NC(=O)C(CCC1CC1)CC(C)(C)C.CC(C)NC(=O)C(CCC1CC1)CC1CCCC1. The van der Waals surface area contributed by atoms with Crippen molar-refractivity contribution in [3.05, 3.63) is 48.6 Å². The molecule has 560 valence electrons. The van der Waals surface area contributed by atoms with Crippen LogP contribution in [0.1, 0.15) is 335 Å². The summed E-state index contributed by atoms with van der Waals surface area (Å²) in [6, 6.07) is 1.44. The molecule has 4 rings (SSSR count). The van der Waals surface area contributed by atoms with Crippen molar-refractivity contribution in [2.75, 3.05) is 0 Å². The van der Waals surface area contributed by atoms with Crippen LogP contribution < -0.4 is 31.9 Å². The van der Waals surface area contributed by atoms with Gasteiger partial charge in [0.1, 0.15) is 0 Å². The third-order valence-electron chi connectivity index (χ3n) is 17.7. The maximum Gasteiger partial charge on any atom is 0.224 e. The predicted octanol–water partition coefficient (Wildman–Crippen LogP) is 20.4. The standard InChI is InChI=1S/C16H29NO.C15H29NO.C14H25NO.C14H27NO.C13H25NO.C12H23NO/c1-12(2)17-16(18)15(10-9-13-7-8-13)11-14-5-3-4-6-14;1-11(2)16-14(17)13(10-15(3,4)5)9-8-12-6-7-12;1-10(2)9-13(8-7-12-5-6-12)14(16)15-11(3)4;1-7-8-9-12(10-14(4,5)6)13(16)15-11(2)3;1-7-8-9-11(13(4,5)6)12(15)14-10(2)3;1-6-7-8-11(9(2)3)12(14)13-10(4)5/h12-15H,3-11H2,1-2H3,(H,17,18);11-13H,6-10H2,1-5H3,(H,16,17);11-13H,1,5-9H2,2-4H3,(H,15,16);7-8,11-12H,9-10H2,1-6H3,(H,15,16);7-8,10-11H,9H2,1-6H3,(H,14,15);6-7,9-11H,8H2,1-5H3,(H,13,14)/b;;;2*8-7+;7-6+. The highest BCUT2D eigenvalue weighted by molar-refractivity contribution is 5.81. The molecule has 6 atom stereocenters. The lowest BCUT2D eigenvalue weighted by Gasteiger charge is -2.29. The van der Waals surface area contributed by atoms with E-state index in [0.717, 1.165) is 93.5 Å². The highest BCUT2D eigenvalue weighted by Gasteiger charge is 2.33. The van der Waals surface area contributed by atoms with Crippen LogP contribution in [-0.2, 0) is 28.8 Å². The average Bonchev–Trinajstić information content (AvgIpc) is 1.44. The van der Waals surface area contributed by atoms with Crippen molar-refractivity contribution in [2.24, 2.45) is 81.3 Å². The van der Waals surface area contributed by atoms with Crippen molar-refractivity contribution in [3.8, 4) is 0 Å². The summed E-state index contributed by atoms with van der Waals surface area (Å²) >= 11 is 0. The van der Waals surface area contributed by atoms with E-state index in [2.05, 4.69) is 147 Å². The Morgan fingerprint density at radius 2 is 0.708 bits per heavy atom. The molecule has 0 aliphatic heterocycles. The second-order valence-corrected chi connectivity index (χ2v) is 35.1. The van der Waals surface area contributed by atoms with Crippen molar-refractivity contribution in [3.63, 3.8) is 0 Å². The topological polar surface area (TPSA) is 175 Å². The Morgan fingerprint density at radius 1 is 0.396 bits per heavy atom. The number of carbonyl (C=O) groups is 6. The molecule has 6 amide bonds. The lowest BCUT2D eigenvalue weighted by Crippen LogP contribution is -2.40. The molecule has 0 aromatic rings. The number of allylic oxidation sites excluding steroid dienone is 7. The largest absolute Gasteiger partial charge is 0.354 e. The van der Waals surface area contributed by atoms with Crippen LogP contribution in [0.25, 0.3) is 0 Å². The van der Waals surface area contributed by atoms with Gasteiger partial charge < -0.3 is 31.9 Å². The number of hydrogen-bond donors (Lipinski definition) is 6. The minimum absolute atomic E-state index is 0.0124. The lowest BCUT2D eigenvalue weighted by molar-refractivity contribution is -0.129. The number of rotatable bonds is 34. The summed E-state index contributed by atoms with van der Waals surface area (Å²) in [5.41, 5.74) is 1.56. The molecule has 12 heteroatoms. The van der Waals surface area contributed by atoms with Gasteiger partial charge >= 0.3 is 0 Å². The molecule has 6 unspecified atom stereocenters. The first-order valence-electron chi connectivity index (χ1n) is 38.7. The van der Waals surface area contributed by atoms with Gasteiger partial charge in [-0.15, -0.1) is 6.58 Å². The first kappa shape index (κ1) is 93.8. The van der Waals surface area contributed by atoms with Crippen LogP contribution in [0.3, 0.4) is 0 Å². The van der Waals surface area contributed by atoms with Crippen molar-refractivity contribution in [2.45, 2.75) is 371 Å². The first-order chi connectivity index (χ1) is 44.4. The third kappa shape index (κ3) is 53.7. The van der Waals surface area contributed by atoms with Crippen molar-refractivity contribution in [1.82, 2.24) is 31.9 Å². The maximum absolute atomic E-state index is 12.3. The molecule has 0 heterocycles. The fourth-order valence-corrected chi connectivity index (χ4v) is 12.1. The second-order valence-electron chi connectivity index (χ2n) is 35.1. The molecule has 6 N–H and O–H groups in total. The molecular formula is C84H158N6O6. The summed E-state index contributed by atoms with van der Waals surface area (Å²) in [6.45, 7) is 59.8. The lowest BCUT2D eigenvalue weighted by atomic mass is 9.78. The Labute approximate surface area is 594 Å². The van der Waals surface area contributed by atoms with Gasteiger partial charge in [-0.05, 0) is 240 Å². The van der Waals surface area contributed by atoms with Gasteiger partial charge in [0.15, 0.2) is 0 Å². The van der Waals surface area contributed by atoms with Gasteiger partial charge in [0, 0.05) is 71.8 Å². The van der Waals surface area contributed by atoms with E-state index < -0.39 is 0 Å². The quantitative estimate of drug-likeness (QED) is 0.0350. The summed E-state index contributed by atoms with van der Waals surface area (Å²) in [7, 11) is 0. The predicted molar refractivity (Wildman–Crippen MR) is 413 cm³/mol.